The Morgan fingerprint density at radius 3 is 2.80 bits per heavy atom. The number of halogens is 1. The lowest BCUT2D eigenvalue weighted by atomic mass is 10.2. The molecule has 3 aromatic rings. The van der Waals surface area contributed by atoms with Gasteiger partial charge in [0.15, 0.2) is 5.65 Å². The first kappa shape index (κ1) is 22.2. The molecule has 0 saturated carbocycles. The lowest BCUT2D eigenvalue weighted by Gasteiger charge is -2.09. The van der Waals surface area contributed by atoms with Gasteiger partial charge in [0.1, 0.15) is 17.0 Å². The molecule has 12 heteroatoms. The number of rotatable bonds is 8. The first-order valence-corrected chi connectivity index (χ1v) is 12.1. The topological polar surface area (TPSA) is 122 Å². The van der Waals surface area contributed by atoms with Crippen LogP contribution in [0.1, 0.15) is 28.8 Å². The number of anilines is 1. The average Bonchev–Trinajstić information content (AvgIpc) is 3.28. The second-order valence-corrected chi connectivity index (χ2v) is 7.46. The van der Waals surface area contributed by atoms with Crippen molar-refractivity contribution in [2.45, 2.75) is 20.4 Å². The fourth-order valence-corrected chi connectivity index (χ4v) is 3.85. The zero-order valence-corrected chi connectivity index (χ0v) is 19.6. The molecule has 0 atom stereocenters. The maximum Gasteiger partial charge on any atom is 0.355 e. The third kappa shape index (κ3) is 3.94. The van der Waals surface area contributed by atoms with E-state index in [2.05, 4.69) is 26.6 Å². The lowest BCUT2D eigenvalue weighted by Crippen LogP contribution is -2.14. The third-order valence-electron chi connectivity index (χ3n) is 4.34. The van der Waals surface area contributed by atoms with Crippen LogP contribution in [-0.2, 0) is 15.5 Å². The van der Waals surface area contributed by atoms with Crippen molar-refractivity contribution in [3.8, 4) is 0 Å². The van der Waals surface area contributed by atoms with Gasteiger partial charge in [0.25, 0.3) is 0 Å². The first-order valence-electron chi connectivity index (χ1n) is 8.83. The van der Waals surface area contributed by atoms with E-state index < -0.39 is 5.97 Å². The van der Waals surface area contributed by atoms with Crippen LogP contribution in [-0.4, -0.2) is 50.0 Å². The van der Waals surface area contributed by atoms with E-state index in [0.717, 1.165) is 0 Å². The van der Waals surface area contributed by atoms with Gasteiger partial charge in [-0.05, 0) is 25.5 Å². The summed E-state index contributed by atoms with van der Waals surface area (Å²) in [4.78, 5) is 26.0. The predicted octanol–water partition coefficient (Wildman–Crippen LogP) is 3.39. The summed E-state index contributed by atoms with van der Waals surface area (Å²) in [6, 6.07) is 0. The molecule has 0 fully saturated rings. The van der Waals surface area contributed by atoms with Crippen LogP contribution < -0.4 is 5.73 Å². The molecule has 3 heterocycles. The third-order valence-corrected chi connectivity index (χ3v) is 5.36. The number of allylic oxidation sites excluding steroid dienone is 2. The summed E-state index contributed by atoms with van der Waals surface area (Å²) in [5, 5.41) is 5.11. The van der Waals surface area contributed by atoms with Gasteiger partial charge in [0, 0.05) is 34.0 Å². The van der Waals surface area contributed by atoms with Crippen molar-refractivity contribution in [1.29, 1.82) is 0 Å². The van der Waals surface area contributed by atoms with E-state index in [4.69, 9.17) is 14.7 Å². The van der Waals surface area contributed by atoms with Crippen LogP contribution in [0, 0.1) is 6.92 Å². The highest BCUT2D eigenvalue weighted by Gasteiger charge is 2.26. The minimum atomic E-state index is -0.480. The number of carbonyl (C=O) groups excluding carboxylic acids is 1. The van der Waals surface area contributed by atoms with Crippen molar-refractivity contribution in [2.75, 3.05) is 19.5 Å². The van der Waals surface area contributed by atoms with E-state index in [1.165, 1.54) is 20.8 Å². The molecular weight excluding hydrogens is 521 g/mol. The molecule has 0 amide bonds. The van der Waals surface area contributed by atoms with Gasteiger partial charge in [-0.15, -0.1) is 5.10 Å². The number of nitrogens with zero attached hydrogens (tertiary/aromatic N) is 6. The minimum Gasteiger partial charge on any atom is -0.464 e. The Balaban J connectivity index is 2.34. The van der Waals surface area contributed by atoms with E-state index in [1.807, 2.05) is 28.1 Å². The number of carbonyl (C=O) groups is 1. The Morgan fingerprint density at radius 1 is 1.40 bits per heavy atom. The van der Waals surface area contributed by atoms with Gasteiger partial charge in [-0.1, -0.05) is 12.7 Å². The standard InChI is InChI=1S/C18H20IN7O3S/c1-5-7-11(21-6-2)14-22-16-12-10(3)13(17(27)28-4)25(8-9-29-30-19)15(12)23-18(20)26(16)24-14/h5-7H,1,8-9H2,2-4H3,(H2,20,23)/b11-7-,21-6?. The summed E-state index contributed by atoms with van der Waals surface area (Å²) in [5.41, 5.74) is 8.73. The Morgan fingerprint density at radius 2 is 2.17 bits per heavy atom. The van der Waals surface area contributed by atoms with Crippen LogP contribution >= 0.6 is 30.4 Å². The molecule has 0 spiro atoms. The van der Waals surface area contributed by atoms with Gasteiger partial charge < -0.3 is 19.2 Å². The monoisotopic (exact) mass is 541 g/mol. The fourth-order valence-electron chi connectivity index (χ4n) is 3.18. The van der Waals surface area contributed by atoms with E-state index >= 15 is 0 Å². The smallest absolute Gasteiger partial charge is 0.355 e. The quantitative estimate of drug-likeness (QED) is 0.115. The van der Waals surface area contributed by atoms with Gasteiger partial charge in [-0.3, -0.25) is 4.99 Å². The molecule has 0 aliphatic rings. The summed E-state index contributed by atoms with van der Waals surface area (Å²) in [6.07, 6.45) is 4.94. The maximum atomic E-state index is 12.5. The second kappa shape index (κ2) is 9.57. The molecule has 3 aromatic heterocycles. The number of aromatic nitrogens is 5. The van der Waals surface area contributed by atoms with Gasteiger partial charge in [-0.25, -0.2) is 9.78 Å². The molecule has 0 bridgehead atoms. The van der Waals surface area contributed by atoms with Crippen molar-refractivity contribution < 1.29 is 13.7 Å². The fraction of sp³-hybridized carbons (Fsp3) is 0.278. The van der Waals surface area contributed by atoms with Crippen molar-refractivity contribution in [1.82, 2.24) is 24.1 Å². The zero-order valence-electron chi connectivity index (χ0n) is 16.6. The van der Waals surface area contributed by atoms with E-state index in [0.29, 0.717) is 52.6 Å². The van der Waals surface area contributed by atoms with Gasteiger partial charge in [0.05, 0.1) is 28.3 Å². The largest absolute Gasteiger partial charge is 0.464 e. The van der Waals surface area contributed by atoms with Crippen LogP contribution in [0.15, 0.2) is 23.7 Å². The maximum absolute atomic E-state index is 12.5. The number of methoxy groups -OCH3 is 1. The zero-order chi connectivity index (χ0) is 21.8. The molecule has 2 N–H and O–H groups in total. The number of ether oxygens (including phenoxy) is 1. The molecule has 10 nitrogen and oxygen atoms in total. The van der Waals surface area contributed by atoms with Crippen molar-refractivity contribution in [3.63, 3.8) is 0 Å². The van der Waals surface area contributed by atoms with Crippen LogP contribution in [0.25, 0.3) is 22.4 Å². The Labute approximate surface area is 189 Å². The van der Waals surface area contributed by atoms with E-state index in [9.17, 15) is 4.79 Å². The number of nitrogens with two attached hydrogens (primary N) is 1. The molecule has 0 aliphatic carbocycles. The molecule has 0 saturated heterocycles. The van der Waals surface area contributed by atoms with Crippen LogP contribution in [0.5, 0.6) is 0 Å². The number of esters is 1. The normalized spacial score (nSPS) is 12.3. The number of fused-ring (bicyclic) bond motifs is 3. The van der Waals surface area contributed by atoms with Crippen LogP contribution in [0.2, 0.25) is 0 Å². The van der Waals surface area contributed by atoms with Crippen LogP contribution in [0.4, 0.5) is 5.95 Å². The highest BCUT2D eigenvalue weighted by Crippen LogP contribution is 2.30. The van der Waals surface area contributed by atoms with Crippen molar-refractivity contribution in [3.05, 3.63) is 35.8 Å². The number of aliphatic imine (C=N–C) groups is 1. The molecule has 0 radical (unpaired) electrons. The van der Waals surface area contributed by atoms with Gasteiger partial charge in [0.2, 0.25) is 11.8 Å². The SMILES string of the molecule is C=C/C=C(\N=CC)c1nc2c3c(C)c(C(=O)OC)n(CCOSI)c3nc(N)n2n1. The molecule has 0 unspecified atom stereocenters. The molecule has 0 aliphatic heterocycles. The lowest BCUT2D eigenvalue weighted by molar-refractivity contribution is 0.0587. The molecule has 30 heavy (non-hydrogen) atoms. The number of hydrogen-bond donors (Lipinski definition) is 1. The molecule has 0 aromatic carbocycles. The Hall–Kier alpha value is -2.45. The summed E-state index contributed by atoms with van der Waals surface area (Å²) < 4.78 is 13.5. The van der Waals surface area contributed by atoms with Crippen LogP contribution in [0.3, 0.4) is 0 Å². The summed E-state index contributed by atoms with van der Waals surface area (Å²) in [6.45, 7) is 8.06. The molecular formula is C18H20IN7O3S. The van der Waals surface area contributed by atoms with Crippen molar-refractivity contribution >= 4 is 70.9 Å². The first-order chi connectivity index (χ1) is 14.5. The molecule has 158 valence electrons. The second-order valence-electron chi connectivity index (χ2n) is 6.02. The van der Waals surface area contributed by atoms with Gasteiger partial charge >= 0.3 is 5.97 Å². The summed E-state index contributed by atoms with van der Waals surface area (Å²) in [7, 11) is 2.55. The van der Waals surface area contributed by atoms with Gasteiger partial charge in [-0.2, -0.15) is 9.50 Å². The number of hydrogen-bond acceptors (Lipinski definition) is 9. The number of aryl methyl sites for hydroxylation is 1. The minimum absolute atomic E-state index is 0.133. The molecule has 3 rings (SSSR count). The average molecular weight is 541 g/mol. The van der Waals surface area contributed by atoms with E-state index in [1.54, 1.807) is 29.9 Å². The van der Waals surface area contributed by atoms with Crippen molar-refractivity contribution in [2.24, 2.45) is 4.99 Å². The highest BCUT2D eigenvalue weighted by molar-refractivity contribution is 14.2. The van der Waals surface area contributed by atoms with E-state index in [-0.39, 0.29) is 5.95 Å². The Bertz CT molecular complexity index is 1180. The summed E-state index contributed by atoms with van der Waals surface area (Å²) >= 11 is 2.03. The Kier molecular flexibility index (Phi) is 7.10. The number of nitrogen functional groups attached to an aromatic ring is 1. The predicted molar refractivity (Wildman–Crippen MR) is 127 cm³/mol. The highest BCUT2D eigenvalue weighted by atomic mass is 127. The summed E-state index contributed by atoms with van der Waals surface area (Å²) in [5.74, 6) is 0.0198.